The van der Waals surface area contributed by atoms with Gasteiger partial charge in [0, 0.05) is 29.2 Å². The molecule has 1 aromatic rings. The van der Waals surface area contributed by atoms with Crippen LogP contribution in [-0.2, 0) is 6.42 Å². The first kappa shape index (κ1) is 16.2. The maximum atomic E-state index is 5.46. The number of nitrogens with one attached hydrogen (secondary N) is 1. The molecule has 4 nitrogen and oxygen atoms in total. The lowest BCUT2D eigenvalue weighted by Crippen LogP contribution is -2.29. The van der Waals surface area contributed by atoms with E-state index in [-0.39, 0.29) is 0 Å². The maximum absolute atomic E-state index is 5.46. The lowest BCUT2D eigenvalue weighted by molar-refractivity contribution is 0.342. The molecule has 0 aliphatic carbocycles. The molecular formula is C14H25N3OS2. The summed E-state index contributed by atoms with van der Waals surface area (Å²) in [5, 5.41) is 8.49. The Bertz CT molecular complexity index is 411. The van der Waals surface area contributed by atoms with Crippen molar-refractivity contribution in [2.24, 2.45) is 5.92 Å². The Morgan fingerprint density at radius 2 is 2.10 bits per heavy atom. The number of rotatable bonds is 6. The Morgan fingerprint density at radius 3 is 2.75 bits per heavy atom. The second-order valence-corrected chi connectivity index (χ2v) is 8.47. The van der Waals surface area contributed by atoms with Crippen LogP contribution in [0.25, 0.3) is 0 Å². The molecule has 1 saturated heterocycles. The van der Waals surface area contributed by atoms with Crippen molar-refractivity contribution in [2.75, 3.05) is 18.6 Å². The van der Waals surface area contributed by atoms with E-state index >= 15 is 0 Å². The Labute approximate surface area is 130 Å². The van der Waals surface area contributed by atoms with Crippen LogP contribution in [0.15, 0.2) is 4.52 Å². The third kappa shape index (κ3) is 4.40. The van der Waals surface area contributed by atoms with E-state index in [1.54, 1.807) is 0 Å². The summed E-state index contributed by atoms with van der Waals surface area (Å²) < 4.78 is 5.46. The maximum Gasteiger partial charge on any atom is 0.228 e. The van der Waals surface area contributed by atoms with Gasteiger partial charge in [-0.15, -0.1) is 11.8 Å². The number of hydrogen-bond acceptors (Lipinski definition) is 6. The van der Waals surface area contributed by atoms with Gasteiger partial charge in [0.25, 0.3) is 0 Å². The average molecular weight is 316 g/mol. The highest BCUT2D eigenvalue weighted by molar-refractivity contribution is 8.06. The largest absolute Gasteiger partial charge is 0.339 e. The van der Waals surface area contributed by atoms with Crippen LogP contribution in [0.3, 0.4) is 0 Å². The molecule has 3 atom stereocenters. The van der Waals surface area contributed by atoms with E-state index in [9.17, 15) is 0 Å². The van der Waals surface area contributed by atoms with Crippen LogP contribution in [0.1, 0.15) is 44.2 Å². The topological polar surface area (TPSA) is 51.0 Å². The fourth-order valence-corrected chi connectivity index (χ4v) is 5.15. The van der Waals surface area contributed by atoms with E-state index in [0.29, 0.717) is 22.5 Å². The number of nitrogens with zero attached hydrogens (tertiary/aromatic N) is 2. The van der Waals surface area contributed by atoms with Gasteiger partial charge in [-0.25, -0.2) is 0 Å². The Kier molecular flexibility index (Phi) is 6.23. The zero-order valence-corrected chi connectivity index (χ0v) is 14.4. The monoisotopic (exact) mass is 315 g/mol. The van der Waals surface area contributed by atoms with Gasteiger partial charge in [0.05, 0.1) is 5.25 Å². The smallest absolute Gasteiger partial charge is 0.228 e. The van der Waals surface area contributed by atoms with Crippen LogP contribution in [0.2, 0.25) is 0 Å². The predicted molar refractivity (Wildman–Crippen MR) is 87.4 cm³/mol. The van der Waals surface area contributed by atoms with Gasteiger partial charge in [-0.1, -0.05) is 25.9 Å². The van der Waals surface area contributed by atoms with Gasteiger partial charge in [-0.3, -0.25) is 0 Å². The molecular weight excluding hydrogens is 290 g/mol. The van der Waals surface area contributed by atoms with E-state index < -0.39 is 0 Å². The third-order valence-electron chi connectivity index (χ3n) is 3.51. The molecule has 1 aliphatic heterocycles. The highest BCUT2D eigenvalue weighted by Gasteiger charge is 2.28. The molecule has 0 saturated carbocycles. The SMILES string of the molecule is CNC(Cc1nc(C2SCCSC2C)no1)CC(C)C. The predicted octanol–water partition coefficient (Wildman–Crippen LogP) is 3.16. The number of likely N-dealkylation sites (N-methyl/N-ethyl adjacent to an activating group) is 1. The Balaban J connectivity index is 1.97. The summed E-state index contributed by atoms with van der Waals surface area (Å²) in [6, 6.07) is 0.411. The summed E-state index contributed by atoms with van der Waals surface area (Å²) in [6.07, 6.45) is 1.94. The molecule has 2 rings (SSSR count). The second kappa shape index (κ2) is 7.71. The first-order chi connectivity index (χ1) is 9.60. The van der Waals surface area contributed by atoms with Crippen molar-refractivity contribution in [3.63, 3.8) is 0 Å². The molecule has 1 aromatic heterocycles. The molecule has 1 aliphatic rings. The van der Waals surface area contributed by atoms with Gasteiger partial charge in [0.1, 0.15) is 0 Å². The fourth-order valence-electron chi connectivity index (χ4n) is 2.47. The standard InChI is InChI=1S/C14H25N3OS2/c1-9(2)7-11(15-4)8-12-16-14(17-18-12)13-10(3)19-5-6-20-13/h9-11,13,15H,5-8H2,1-4H3. The summed E-state index contributed by atoms with van der Waals surface area (Å²) in [5.41, 5.74) is 0. The van der Waals surface area contributed by atoms with Gasteiger partial charge in [0.2, 0.25) is 5.89 Å². The molecule has 2 heterocycles. The minimum atomic E-state index is 0.379. The normalized spacial score (nSPS) is 25.1. The summed E-state index contributed by atoms with van der Waals surface area (Å²) >= 11 is 3.95. The third-order valence-corrected chi connectivity index (χ3v) is 6.60. The van der Waals surface area contributed by atoms with Crippen molar-refractivity contribution in [1.29, 1.82) is 0 Å². The molecule has 1 N–H and O–H groups in total. The first-order valence-corrected chi connectivity index (χ1v) is 9.42. The van der Waals surface area contributed by atoms with Crippen molar-refractivity contribution < 1.29 is 4.52 Å². The van der Waals surface area contributed by atoms with Gasteiger partial charge in [0.15, 0.2) is 5.82 Å². The van der Waals surface area contributed by atoms with Crippen LogP contribution >= 0.6 is 23.5 Å². The molecule has 1 fully saturated rings. The molecule has 0 amide bonds. The first-order valence-electron chi connectivity index (χ1n) is 7.33. The van der Waals surface area contributed by atoms with Gasteiger partial charge < -0.3 is 9.84 Å². The molecule has 6 heteroatoms. The molecule has 0 aromatic carbocycles. The molecule has 0 bridgehead atoms. The summed E-state index contributed by atoms with van der Waals surface area (Å²) in [4.78, 5) is 4.63. The summed E-state index contributed by atoms with van der Waals surface area (Å²) in [7, 11) is 2.00. The van der Waals surface area contributed by atoms with Crippen molar-refractivity contribution in [3.8, 4) is 0 Å². The minimum Gasteiger partial charge on any atom is -0.339 e. The summed E-state index contributed by atoms with van der Waals surface area (Å²) in [5.74, 6) is 4.71. The average Bonchev–Trinajstić information content (AvgIpc) is 2.86. The summed E-state index contributed by atoms with van der Waals surface area (Å²) in [6.45, 7) is 6.73. The van der Waals surface area contributed by atoms with Crippen LogP contribution in [0, 0.1) is 5.92 Å². The van der Waals surface area contributed by atoms with E-state index in [1.165, 1.54) is 11.5 Å². The molecule has 3 unspecified atom stereocenters. The number of hydrogen-bond donors (Lipinski definition) is 1. The fraction of sp³-hybridized carbons (Fsp3) is 0.857. The highest BCUT2D eigenvalue weighted by atomic mass is 32.2. The zero-order chi connectivity index (χ0) is 14.5. The van der Waals surface area contributed by atoms with Crippen molar-refractivity contribution in [2.45, 2.75) is 50.2 Å². The van der Waals surface area contributed by atoms with Gasteiger partial charge >= 0.3 is 0 Å². The Hall–Kier alpha value is -0.200. The van der Waals surface area contributed by atoms with Crippen molar-refractivity contribution in [3.05, 3.63) is 11.7 Å². The van der Waals surface area contributed by atoms with Gasteiger partial charge in [-0.05, 0) is 19.4 Å². The van der Waals surface area contributed by atoms with Crippen LogP contribution in [0.5, 0.6) is 0 Å². The quantitative estimate of drug-likeness (QED) is 0.870. The Morgan fingerprint density at radius 1 is 1.35 bits per heavy atom. The minimum absolute atomic E-state index is 0.379. The highest BCUT2D eigenvalue weighted by Crippen LogP contribution is 2.41. The van der Waals surface area contributed by atoms with Crippen molar-refractivity contribution in [1.82, 2.24) is 15.5 Å². The van der Waals surface area contributed by atoms with Crippen LogP contribution in [0.4, 0.5) is 0 Å². The van der Waals surface area contributed by atoms with Crippen LogP contribution in [-0.4, -0.2) is 40.0 Å². The van der Waals surface area contributed by atoms with Crippen LogP contribution < -0.4 is 5.32 Å². The molecule has 0 radical (unpaired) electrons. The van der Waals surface area contributed by atoms with Crippen molar-refractivity contribution >= 4 is 23.5 Å². The molecule has 0 spiro atoms. The van der Waals surface area contributed by atoms with E-state index in [2.05, 4.69) is 36.2 Å². The zero-order valence-electron chi connectivity index (χ0n) is 12.8. The van der Waals surface area contributed by atoms with E-state index in [4.69, 9.17) is 4.52 Å². The number of aromatic nitrogens is 2. The molecule has 114 valence electrons. The lowest BCUT2D eigenvalue weighted by Gasteiger charge is -2.24. The lowest BCUT2D eigenvalue weighted by atomic mass is 10.0. The van der Waals surface area contributed by atoms with E-state index in [1.807, 2.05) is 30.6 Å². The van der Waals surface area contributed by atoms with Gasteiger partial charge in [-0.2, -0.15) is 16.7 Å². The molecule has 20 heavy (non-hydrogen) atoms. The van der Waals surface area contributed by atoms with E-state index in [0.717, 1.165) is 24.6 Å². The second-order valence-electron chi connectivity index (χ2n) is 5.73. The number of thioether (sulfide) groups is 2.